The number of cyclic esters (lactones) is 1. The molecule has 2 atom stereocenters. The number of aliphatic hydroxyl groups excluding tert-OH is 1. The Bertz CT molecular complexity index is 304. The van der Waals surface area contributed by atoms with Gasteiger partial charge < -0.3 is 9.84 Å². The van der Waals surface area contributed by atoms with Gasteiger partial charge in [0, 0.05) is 6.42 Å². The average Bonchev–Trinajstić information content (AvgIpc) is 2.17. The Labute approximate surface area is 90.1 Å². The van der Waals surface area contributed by atoms with Crippen LogP contribution in [0.15, 0.2) is 11.3 Å². The van der Waals surface area contributed by atoms with Crippen molar-refractivity contribution >= 4 is 5.97 Å². The lowest BCUT2D eigenvalue weighted by Gasteiger charge is -2.35. The fraction of sp³-hybridized carbons (Fsp3) is 0.750. The maximum absolute atomic E-state index is 11.7. The Morgan fingerprint density at radius 1 is 1.47 bits per heavy atom. The summed E-state index contributed by atoms with van der Waals surface area (Å²) in [7, 11) is 0. The van der Waals surface area contributed by atoms with Gasteiger partial charge in [-0.05, 0) is 31.1 Å². The molecule has 0 amide bonds. The number of hydrogen-bond donors (Lipinski definition) is 1. The number of esters is 1. The smallest absolute Gasteiger partial charge is 0.337 e. The summed E-state index contributed by atoms with van der Waals surface area (Å²) in [6, 6.07) is 0. The second kappa shape index (κ2) is 3.87. The van der Waals surface area contributed by atoms with Crippen molar-refractivity contribution in [1.82, 2.24) is 0 Å². The van der Waals surface area contributed by atoms with E-state index in [1.54, 1.807) is 0 Å². The summed E-state index contributed by atoms with van der Waals surface area (Å²) in [4.78, 5) is 11.7. The van der Waals surface area contributed by atoms with Crippen LogP contribution in [0.4, 0.5) is 0 Å². The average molecular weight is 210 g/mol. The van der Waals surface area contributed by atoms with E-state index < -0.39 is 0 Å². The molecule has 0 aromatic carbocycles. The van der Waals surface area contributed by atoms with Crippen LogP contribution in [0.5, 0.6) is 0 Å². The zero-order valence-corrected chi connectivity index (χ0v) is 9.32. The van der Waals surface area contributed by atoms with Crippen molar-refractivity contribution in [3.8, 4) is 0 Å². The van der Waals surface area contributed by atoms with Crippen LogP contribution < -0.4 is 0 Å². The van der Waals surface area contributed by atoms with E-state index in [-0.39, 0.29) is 23.8 Å². The molecule has 1 fully saturated rings. The van der Waals surface area contributed by atoms with Gasteiger partial charge in [0.2, 0.25) is 0 Å². The summed E-state index contributed by atoms with van der Waals surface area (Å²) in [5.74, 6) is 0.563. The molecule has 1 aliphatic heterocycles. The quantitative estimate of drug-likeness (QED) is 0.676. The van der Waals surface area contributed by atoms with Crippen LogP contribution in [0.1, 0.15) is 39.5 Å². The molecule has 2 rings (SSSR count). The number of ether oxygens (including phenoxy) is 1. The lowest BCUT2D eigenvalue weighted by molar-refractivity contribution is -0.153. The van der Waals surface area contributed by atoms with Gasteiger partial charge in [-0.25, -0.2) is 4.79 Å². The minimum atomic E-state index is -0.290. The molecule has 2 aliphatic rings. The van der Waals surface area contributed by atoms with E-state index in [1.165, 1.54) is 0 Å². The first-order valence-electron chi connectivity index (χ1n) is 5.72. The summed E-state index contributed by atoms with van der Waals surface area (Å²) in [6.07, 6.45) is 3.53. The number of aliphatic hydroxyl groups is 1. The summed E-state index contributed by atoms with van der Waals surface area (Å²) in [5.41, 5.74) is 0.554. The van der Waals surface area contributed by atoms with Gasteiger partial charge in [-0.3, -0.25) is 0 Å². The number of rotatable bonds is 1. The molecule has 0 radical (unpaired) electrons. The number of hydrogen-bond acceptors (Lipinski definition) is 3. The van der Waals surface area contributed by atoms with E-state index in [9.17, 15) is 9.90 Å². The molecule has 0 aromatic heterocycles. The highest BCUT2D eigenvalue weighted by atomic mass is 16.5. The van der Waals surface area contributed by atoms with E-state index in [2.05, 4.69) is 13.8 Å². The molecule has 1 aliphatic carbocycles. The molecule has 1 N–H and O–H groups in total. The predicted octanol–water partition coefficient (Wildman–Crippen LogP) is 2.57. The van der Waals surface area contributed by atoms with Crippen LogP contribution in [0.25, 0.3) is 0 Å². The highest BCUT2D eigenvalue weighted by Crippen LogP contribution is 2.38. The molecule has 0 aromatic rings. The molecule has 0 unspecified atom stereocenters. The lowest BCUT2D eigenvalue weighted by atomic mass is 9.79. The topological polar surface area (TPSA) is 46.5 Å². The lowest BCUT2D eigenvalue weighted by Crippen LogP contribution is -2.37. The Balaban J connectivity index is 2.22. The molecule has 3 heteroatoms. The Hall–Kier alpha value is -0.990. The third kappa shape index (κ3) is 1.87. The fourth-order valence-corrected chi connectivity index (χ4v) is 2.49. The van der Waals surface area contributed by atoms with E-state index in [0.717, 1.165) is 19.3 Å². The second-order valence-corrected chi connectivity index (χ2v) is 4.87. The molecule has 0 spiro atoms. The fourth-order valence-electron chi connectivity index (χ4n) is 2.49. The summed E-state index contributed by atoms with van der Waals surface area (Å²) >= 11 is 0. The Kier molecular flexibility index (Phi) is 2.72. The van der Waals surface area contributed by atoms with Crippen LogP contribution >= 0.6 is 0 Å². The van der Waals surface area contributed by atoms with Gasteiger partial charge in [0.15, 0.2) is 0 Å². The molecular formula is C12H18O3. The molecule has 84 valence electrons. The van der Waals surface area contributed by atoms with Crippen molar-refractivity contribution in [2.24, 2.45) is 11.8 Å². The normalized spacial score (nSPS) is 31.5. The first-order chi connectivity index (χ1) is 7.09. The number of allylic oxidation sites excluding steroid dienone is 1. The minimum absolute atomic E-state index is 0.0251. The van der Waals surface area contributed by atoms with Crippen LogP contribution in [0.3, 0.4) is 0 Å². The monoisotopic (exact) mass is 210 g/mol. The maximum atomic E-state index is 11.7. The molecule has 1 saturated heterocycles. The van der Waals surface area contributed by atoms with Gasteiger partial charge in [0.1, 0.15) is 11.9 Å². The first-order valence-corrected chi connectivity index (χ1v) is 5.72. The standard InChI is InChI=1S/C12H18O3/c1-7(2)10-6-8-4-3-5-9(13)11(8)12(14)15-10/h7-8,10,13H,3-6H2,1-2H3/t8-,10+/m1/s1. The predicted molar refractivity (Wildman–Crippen MR) is 56.3 cm³/mol. The second-order valence-electron chi connectivity index (χ2n) is 4.87. The van der Waals surface area contributed by atoms with E-state index in [4.69, 9.17) is 4.74 Å². The zero-order valence-electron chi connectivity index (χ0n) is 9.32. The van der Waals surface area contributed by atoms with Crippen LogP contribution in [-0.4, -0.2) is 17.2 Å². The van der Waals surface area contributed by atoms with E-state index in [0.29, 0.717) is 17.9 Å². The van der Waals surface area contributed by atoms with E-state index in [1.807, 2.05) is 0 Å². The van der Waals surface area contributed by atoms with Gasteiger partial charge in [0.25, 0.3) is 0 Å². The van der Waals surface area contributed by atoms with Crippen molar-refractivity contribution in [2.75, 3.05) is 0 Å². The van der Waals surface area contributed by atoms with Gasteiger partial charge >= 0.3 is 5.97 Å². The Morgan fingerprint density at radius 3 is 2.87 bits per heavy atom. The van der Waals surface area contributed by atoms with E-state index >= 15 is 0 Å². The van der Waals surface area contributed by atoms with Crippen molar-refractivity contribution in [3.05, 3.63) is 11.3 Å². The summed E-state index contributed by atoms with van der Waals surface area (Å²) in [5, 5.41) is 9.68. The minimum Gasteiger partial charge on any atom is -0.512 e. The van der Waals surface area contributed by atoms with Crippen molar-refractivity contribution in [3.63, 3.8) is 0 Å². The Morgan fingerprint density at radius 2 is 2.20 bits per heavy atom. The first kappa shape index (κ1) is 10.5. The van der Waals surface area contributed by atoms with Crippen LogP contribution in [0, 0.1) is 11.8 Å². The largest absolute Gasteiger partial charge is 0.512 e. The maximum Gasteiger partial charge on any atom is 0.337 e. The SMILES string of the molecule is CC(C)[C@@H]1C[C@H]2CCCC(O)=C2C(=O)O1. The number of fused-ring (bicyclic) bond motifs is 1. The van der Waals surface area contributed by atoms with Gasteiger partial charge in [0.05, 0.1) is 5.57 Å². The van der Waals surface area contributed by atoms with Gasteiger partial charge in [-0.15, -0.1) is 0 Å². The van der Waals surface area contributed by atoms with Gasteiger partial charge in [-0.1, -0.05) is 13.8 Å². The molecule has 0 bridgehead atoms. The molecular weight excluding hydrogens is 192 g/mol. The summed E-state index contributed by atoms with van der Waals surface area (Å²) < 4.78 is 5.33. The third-order valence-electron chi connectivity index (χ3n) is 3.42. The van der Waals surface area contributed by atoms with Crippen molar-refractivity contribution in [2.45, 2.75) is 45.6 Å². The zero-order chi connectivity index (χ0) is 11.0. The van der Waals surface area contributed by atoms with Crippen molar-refractivity contribution < 1.29 is 14.6 Å². The third-order valence-corrected chi connectivity index (χ3v) is 3.42. The van der Waals surface area contributed by atoms with Crippen LogP contribution in [-0.2, 0) is 9.53 Å². The highest BCUT2D eigenvalue weighted by molar-refractivity contribution is 5.90. The van der Waals surface area contributed by atoms with Crippen molar-refractivity contribution in [1.29, 1.82) is 0 Å². The molecule has 1 heterocycles. The summed E-state index contributed by atoms with van der Waals surface area (Å²) in [6.45, 7) is 4.13. The number of carbonyl (C=O) groups is 1. The highest BCUT2D eigenvalue weighted by Gasteiger charge is 2.38. The van der Waals surface area contributed by atoms with Crippen LogP contribution in [0.2, 0.25) is 0 Å². The number of carbonyl (C=O) groups excluding carboxylic acids is 1. The molecule has 0 saturated carbocycles. The molecule has 3 nitrogen and oxygen atoms in total. The van der Waals surface area contributed by atoms with Gasteiger partial charge in [-0.2, -0.15) is 0 Å². The molecule has 15 heavy (non-hydrogen) atoms.